The molecule has 102 valence electrons. The topological polar surface area (TPSA) is 45.6 Å². The normalized spacial score (nSPS) is 10.2. The molecule has 2 N–H and O–H groups in total. The summed E-state index contributed by atoms with van der Waals surface area (Å²) in [4.78, 5) is 0. The van der Waals surface area contributed by atoms with Crippen molar-refractivity contribution in [2.75, 3.05) is 13.2 Å². The van der Waals surface area contributed by atoms with Crippen molar-refractivity contribution in [3.8, 4) is 5.75 Å². The molecule has 0 aliphatic rings. The van der Waals surface area contributed by atoms with Crippen LogP contribution in [0.3, 0.4) is 0 Å². The van der Waals surface area contributed by atoms with Gasteiger partial charge in [-0.1, -0.05) is 28.6 Å². The monoisotopic (exact) mass is 341 g/mol. The van der Waals surface area contributed by atoms with Crippen molar-refractivity contribution in [2.45, 2.75) is 6.92 Å². The highest BCUT2D eigenvalue weighted by molar-refractivity contribution is 9.10. The molecule has 1 aromatic carbocycles. The molecule has 1 rings (SSSR count). The molecule has 0 spiro atoms. The number of benzene rings is 1. The first kappa shape index (κ1) is 15.7. The largest absolute Gasteiger partial charge is 0.489 e. The predicted octanol–water partition coefficient (Wildman–Crippen LogP) is 2.83. The average Bonchev–Trinajstić information content (AvgIpc) is 2.38. The molecule has 0 bridgehead atoms. The van der Waals surface area contributed by atoms with Crippen molar-refractivity contribution < 1.29 is 4.74 Å². The number of halogens is 1. The Morgan fingerprint density at radius 3 is 3.05 bits per heavy atom. The Bertz CT molecular complexity index is 477. The molecule has 0 aliphatic carbocycles. The van der Waals surface area contributed by atoms with Gasteiger partial charge >= 0.3 is 0 Å². The Morgan fingerprint density at radius 2 is 2.37 bits per heavy atom. The zero-order valence-corrected chi connectivity index (χ0v) is 13.1. The lowest BCUT2D eigenvalue weighted by Gasteiger charge is -2.08. The van der Waals surface area contributed by atoms with E-state index in [0.717, 1.165) is 22.3 Å². The summed E-state index contributed by atoms with van der Waals surface area (Å²) in [5.41, 5.74) is 3.58. The van der Waals surface area contributed by atoms with Crippen molar-refractivity contribution in [1.82, 2.24) is 10.7 Å². The van der Waals surface area contributed by atoms with Crippen molar-refractivity contribution >= 4 is 39.5 Å². The Balaban J connectivity index is 2.74. The summed E-state index contributed by atoms with van der Waals surface area (Å²) in [5, 5.41) is 7.50. The van der Waals surface area contributed by atoms with Gasteiger partial charge in [-0.25, -0.2) is 0 Å². The van der Waals surface area contributed by atoms with E-state index >= 15 is 0 Å². The van der Waals surface area contributed by atoms with E-state index in [2.05, 4.69) is 38.4 Å². The highest BCUT2D eigenvalue weighted by atomic mass is 79.9. The van der Waals surface area contributed by atoms with Crippen molar-refractivity contribution in [3.63, 3.8) is 0 Å². The fraction of sp³-hybridized carbons (Fsp3) is 0.231. The second-order valence-electron chi connectivity index (χ2n) is 3.51. The average molecular weight is 342 g/mol. The number of hydrazone groups is 1. The van der Waals surface area contributed by atoms with Crippen LogP contribution in [-0.2, 0) is 0 Å². The molecule has 19 heavy (non-hydrogen) atoms. The van der Waals surface area contributed by atoms with Gasteiger partial charge in [0.1, 0.15) is 12.4 Å². The van der Waals surface area contributed by atoms with Gasteiger partial charge in [0, 0.05) is 16.6 Å². The van der Waals surface area contributed by atoms with Gasteiger partial charge in [0.05, 0.1) is 6.21 Å². The maximum Gasteiger partial charge on any atom is 0.186 e. The molecule has 0 aromatic heterocycles. The molecule has 0 unspecified atom stereocenters. The van der Waals surface area contributed by atoms with E-state index in [9.17, 15) is 0 Å². The number of hydrogen-bond donors (Lipinski definition) is 2. The molecular weight excluding hydrogens is 326 g/mol. The lowest BCUT2D eigenvalue weighted by Crippen LogP contribution is -2.31. The number of thiocarbonyl (C=S) groups is 1. The predicted molar refractivity (Wildman–Crippen MR) is 86.8 cm³/mol. The molecule has 6 heteroatoms. The molecule has 0 heterocycles. The van der Waals surface area contributed by atoms with E-state index in [4.69, 9.17) is 17.0 Å². The first-order valence-corrected chi connectivity index (χ1v) is 6.97. The second kappa shape index (κ2) is 8.66. The smallest absolute Gasteiger partial charge is 0.186 e. The van der Waals surface area contributed by atoms with Gasteiger partial charge in [0.25, 0.3) is 0 Å². The Labute approximate surface area is 127 Å². The van der Waals surface area contributed by atoms with E-state index in [1.165, 1.54) is 0 Å². The summed E-state index contributed by atoms with van der Waals surface area (Å²) < 4.78 is 6.49. The highest BCUT2D eigenvalue weighted by Crippen LogP contribution is 2.21. The molecular formula is C13H16BrN3OS. The number of nitrogens with one attached hydrogen (secondary N) is 2. The summed E-state index contributed by atoms with van der Waals surface area (Å²) >= 11 is 8.42. The number of ether oxygens (including phenoxy) is 1. The van der Waals surface area contributed by atoms with Crippen LogP contribution in [0.5, 0.6) is 5.75 Å². The van der Waals surface area contributed by atoms with Crippen LogP contribution in [0, 0.1) is 0 Å². The Morgan fingerprint density at radius 1 is 1.58 bits per heavy atom. The van der Waals surface area contributed by atoms with E-state index in [-0.39, 0.29) is 0 Å². The van der Waals surface area contributed by atoms with Crippen LogP contribution in [0.4, 0.5) is 0 Å². The summed E-state index contributed by atoms with van der Waals surface area (Å²) in [6.45, 7) is 6.79. The van der Waals surface area contributed by atoms with Crippen LogP contribution in [0.15, 0.2) is 40.4 Å². The molecule has 0 aliphatic heterocycles. The SMILES string of the molecule is C=CCOc1ccc(Br)cc1/C=N/NC(=S)NCC. The third kappa shape index (κ3) is 5.85. The first-order chi connectivity index (χ1) is 9.17. The second-order valence-corrected chi connectivity index (χ2v) is 4.84. The standard InChI is InChI=1S/C13H16BrN3OS/c1-3-7-18-12-6-5-11(14)8-10(12)9-16-17-13(19)15-4-2/h3,5-6,8-9H,1,4,7H2,2H3,(H2,15,17,19)/b16-9+. The molecule has 0 radical (unpaired) electrons. The molecule has 0 fully saturated rings. The van der Waals surface area contributed by atoms with Gasteiger partial charge < -0.3 is 10.1 Å². The minimum absolute atomic E-state index is 0.450. The summed E-state index contributed by atoms with van der Waals surface area (Å²) in [6, 6.07) is 5.70. The summed E-state index contributed by atoms with van der Waals surface area (Å²) in [7, 11) is 0. The molecule has 0 saturated heterocycles. The Hall–Kier alpha value is -1.40. The maximum absolute atomic E-state index is 5.54. The Kier molecular flexibility index (Phi) is 7.14. The zero-order valence-electron chi connectivity index (χ0n) is 10.6. The van der Waals surface area contributed by atoms with Crippen LogP contribution < -0.4 is 15.5 Å². The van der Waals surface area contributed by atoms with Crippen LogP contribution >= 0.6 is 28.1 Å². The third-order valence-corrected chi connectivity index (χ3v) is 2.76. The van der Waals surface area contributed by atoms with Crippen molar-refractivity contribution in [2.24, 2.45) is 5.10 Å². The summed E-state index contributed by atoms with van der Waals surface area (Å²) in [5.74, 6) is 0.739. The quantitative estimate of drug-likeness (QED) is 0.361. The lowest BCUT2D eigenvalue weighted by atomic mass is 10.2. The molecule has 0 saturated carbocycles. The molecule has 1 aromatic rings. The maximum atomic E-state index is 5.54. The minimum Gasteiger partial charge on any atom is -0.489 e. The van der Waals surface area contributed by atoms with Crippen LogP contribution in [-0.4, -0.2) is 24.5 Å². The van der Waals surface area contributed by atoms with Crippen LogP contribution in [0.25, 0.3) is 0 Å². The molecule has 4 nitrogen and oxygen atoms in total. The van der Waals surface area contributed by atoms with Gasteiger partial charge in [0.2, 0.25) is 0 Å². The number of rotatable bonds is 6. The first-order valence-electron chi connectivity index (χ1n) is 5.77. The van der Waals surface area contributed by atoms with Gasteiger partial charge in [-0.15, -0.1) is 0 Å². The molecule has 0 amide bonds. The van der Waals surface area contributed by atoms with Crippen molar-refractivity contribution in [1.29, 1.82) is 0 Å². The van der Waals surface area contributed by atoms with Crippen LogP contribution in [0.2, 0.25) is 0 Å². The van der Waals surface area contributed by atoms with Gasteiger partial charge in [-0.05, 0) is 37.3 Å². The summed E-state index contributed by atoms with van der Waals surface area (Å²) in [6.07, 6.45) is 3.36. The zero-order chi connectivity index (χ0) is 14.1. The minimum atomic E-state index is 0.450. The fourth-order valence-electron chi connectivity index (χ4n) is 1.26. The van der Waals surface area contributed by atoms with E-state index < -0.39 is 0 Å². The van der Waals surface area contributed by atoms with Gasteiger partial charge in [-0.3, -0.25) is 5.43 Å². The van der Waals surface area contributed by atoms with Crippen molar-refractivity contribution in [3.05, 3.63) is 40.9 Å². The van der Waals surface area contributed by atoms with E-state index in [1.54, 1.807) is 12.3 Å². The third-order valence-electron chi connectivity index (χ3n) is 2.04. The van der Waals surface area contributed by atoms with E-state index in [0.29, 0.717) is 11.7 Å². The lowest BCUT2D eigenvalue weighted by molar-refractivity contribution is 0.362. The van der Waals surface area contributed by atoms with Crippen LogP contribution in [0.1, 0.15) is 12.5 Å². The van der Waals surface area contributed by atoms with Gasteiger partial charge in [-0.2, -0.15) is 5.10 Å². The number of nitrogens with zero attached hydrogens (tertiary/aromatic N) is 1. The highest BCUT2D eigenvalue weighted by Gasteiger charge is 2.02. The molecule has 0 atom stereocenters. The number of hydrogen-bond acceptors (Lipinski definition) is 3. The van der Waals surface area contributed by atoms with E-state index in [1.807, 2.05) is 25.1 Å². The van der Waals surface area contributed by atoms with Gasteiger partial charge in [0.15, 0.2) is 5.11 Å². The fourth-order valence-corrected chi connectivity index (χ4v) is 1.84.